The highest BCUT2D eigenvalue weighted by molar-refractivity contribution is 6.06. The molecule has 1 fully saturated rings. The average molecular weight is 460 g/mol. The number of carbonyl (C=O) groups excluding carboxylic acids is 2. The highest BCUT2D eigenvalue weighted by Gasteiger charge is 2.30. The summed E-state index contributed by atoms with van der Waals surface area (Å²) in [4.78, 5) is 36.4. The van der Waals surface area contributed by atoms with Crippen LogP contribution >= 0.6 is 0 Å². The number of methoxy groups -OCH3 is 1. The van der Waals surface area contributed by atoms with Gasteiger partial charge in [-0.2, -0.15) is 9.78 Å². The van der Waals surface area contributed by atoms with Crippen molar-refractivity contribution in [3.8, 4) is 5.82 Å². The second-order valence-electron chi connectivity index (χ2n) is 8.59. The summed E-state index contributed by atoms with van der Waals surface area (Å²) in [5.41, 5.74) is 3.12. The number of pyridine rings is 2. The lowest BCUT2D eigenvalue weighted by Crippen LogP contribution is -2.26. The van der Waals surface area contributed by atoms with Crippen LogP contribution in [0.4, 0.5) is 0 Å². The van der Waals surface area contributed by atoms with E-state index < -0.39 is 5.97 Å². The lowest BCUT2D eigenvalue weighted by Gasteiger charge is -2.17. The highest BCUT2D eigenvalue weighted by Crippen LogP contribution is 2.41. The van der Waals surface area contributed by atoms with Crippen LogP contribution in [-0.2, 0) is 11.3 Å². The fourth-order valence-corrected chi connectivity index (χ4v) is 4.15. The van der Waals surface area contributed by atoms with Gasteiger partial charge < -0.3 is 14.1 Å². The molecule has 9 nitrogen and oxygen atoms in total. The first kappa shape index (κ1) is 21.8. The van der Waals surface area contributed by atoms with Gasteiger partial charge in [0.1, 0.15) is 17.1 Å². The first-order chi connectivity index (χ1) is 16.4. The summed E-state index contributed by atoms with van der Waals surface area (Å²) in [6, 6.07) is 9.11. The number of rotatable bonds is 6. The minimum absolute atomic E-state index is 0.174. The molecule has 0 spiro atoms. The van der Waals surface area contributed by atoms with Gasteiger partial charge in [0.2, 0.25) is 0 Å². The first-order valence-corrected chi connectivity index (χ1v) is 11.1. The number of ether oxygens (including phenoxy) is 1. The molecule has 0 bridgehead atoms. The fourth-order valence-electron chi connectivity index (χ4n) is 4.15. The molecule has 1 saturated carbocycles. The summed E-state index contributed by atoms with van der Waals surface area (Å²) < 4.78 is 12.2. The maximum Gasteiger partial charge on any atom is 0.341 e. The van der Waals surface area contributed by atoms with Gasteiger partial charge in [-0.25, -0.2) is 14.8 Å². The van der Waals surface area contributed by atoms with Gasteiger partial charge in [0.15, 0.2) is 11.5 Å². The van der Waals surface area contributed by atoms with Crippen molar-refractivity contribution < 1.29 is 18.7 Å². The summed E-state index contributed by atoms with van der Waals surface area (Å²) in [5, 5.41) is 5.37. The third-order valence-corrected chi connectivity index (χ3v) is 6.04. The summed E-state index contributed by atoms with van der Waals surface area (Å²) >= 11 is 0. The molecule has 4 heterocycles. The lowest BCUT2D eigenvalue weighted by atomic mass is 10.1. The van der Waals surface area contributed by atoms with Crippen LogP contribution in [-0.4, -0.2) is 50.7 Å². The van der Waals surface area contributed by atoms with Gasteiger partial charge in [0, 0.05) is 24.9 Å². The van der Waals surface area contributed by atoms with Crippen LogP contribution in [0.25, 0.3) is 16.9 Å². The molecule has 4 aromatic rings. The number of hydrogen-bond donors (Lipinski definition) is 0. The molecule has 4 aromatic heterocycles. The Balaban J connectivity index is 1.54. The molecule has 5 rings (SSSR count). The van der Waals surface area contributed by atoms with Gasteiger partial charge in [-0.1, -0.05) is 6.07 Å². The molecule has 0 atom stereocenters. The van der Waals surface area contributed by atoms with Crippen molar-refractivity contribution in [2.75, 3.05) is 14.2 Å². The van der Waals surface area contributed by atoms with Crippen LogP contribution in [0.5, 0.6) is 0 Å². The zero-order valence-electron chi connectivity index (χ0n) is 19.5. The molecule has 1 aliphatic rings. The van der Waals surface area contributed by atoms with Crippen molar-refractivity contribution >= 4 is 22.9 Å². The molecular weight excluding hydrogens is 434 g/mol. The van der Waals surface area contributed by atoms with E-state index in [1.807, 2.05) is 31.2 Å². The monoisotopic (exact) mass is 459 g/mol. The Bertz CT molecular complexity index is 1400. The Morgan fingerprint density at radius 3 is 2.68 bits per heavy atom. The Hall–Kier alpha value is -4.01. The summed E-state index contributed by atoms with van der Waals surface area (Å²) in [6.45, 7) is 3.77. The van der Waals surface area contributed by atoms with Crippen molar-refractivity contribution in [3.63, 3.8) is 0 Å². The van der Waals surface area contributed by atoms with Gasteiger partial charge in [-0.05, 0) is 51.0 Å². The number of nitrogens with zero attached hydrogens (tertiary/aromatic N) is 5. The molecule has 0 aliphatic heterocycles. The van der Waals surface area contributed by atoms with Gasteiger partial charge in [-0.3, -0.25) is 4.79 Å². The van der Waals surface area contributed by atoms with Crippen LogP contribution < -0.4 is 0 Å². The van der Waals surface area contributed by atoms with Crippen LogP contribution in [0.15, 0.2) is 40.9 Å². The normalized spacial score (nSPS) is 13.3. The number of furan rings is 1. The molecule has 0 saturated heterocycles. The zero-order valence-corrected chi connectivity index (χ0v) is 19.5. The van der Waals surface area contributed by atoms with E-state index >= 15 is 0 Å². The Morgan fingerprint density at radius 1 is 1.21 bits per heavy atom. The van der Waals surface area contributed by atoms with E-state index in [1.54, 1.807) is 35.8 Å². The number of aromatic nitrogens is 4. The van der Waals surface area contributed by atoms with E-state index in [2.05, 4.69) is 10.1 Å². The predicted octanol–water partition coefficient (Wildman–Crippen LogP) is 3.96. The van der Waals surface area contributed by atoms with Crippen molar-refractivity contribution in [1.82, 2.24) is 24.6 Å². The molecular formula is C25H25N5O4. The number of fused-ring (bicyclic) bond motifs is 1. The van der Waals surface area contributed by atoms with E-state index in [1.165, 1.54) is 7.11 Å². The van der Waals surface area contributed by atoms with Gasteiger partial charge in [0.05, 0.1) is 30.3 Å². The lowest BCUT2D eigenvalue weighted by molar-refractivity contribution is 0.0598. The summed E-state index contributed by atoms with van der Waals surface area (Å²) in [7, 11) is 3.03. The molecule has 0 unspecified atom stereocenters. The molecule has 1 aliphatic carbocycles. The zero-order chi connectivity index (χ0) is 24.0. The molecule has 9 heteroatoms. The Kier molecular flexibility index (Phi) is 5.39. The predicted molar refractivity (Wildman–Crippen MR) is 124 cm³/mol. The smallest absolute Gasteiger partial charge is 0.341 e. The Labute approximate surface area is 196 Å². The maximum absolute atomic E-state index is 13.7. The van der Waals surface area contributed by atoms with E-state index in [0.717, 1.165) is 18.5 Å². The first-order valence-electron chi connectivity index (χ1n) is 11.1. The summed E-state index contributed by atoms with van der Waals surface area (Å²) in [6.07, 6.45) is 3.82. The molecule has 34 heavy (non-hydrogen) atoms. The van der Waals surface area contributed by atoms with Crippen LogP contribution in [0.1, 0.15) is 62.4 Å². The SMILES string of the molecule is COC(=O)c1cc(CN(C)C(=O)c2cc(C3CC3)nc3c2c(C)nn3-c2ccccn2)oc1C. The molecule has 1 amide bonds. The van der Waals surface area contributed by atoms with E-state index in [9.17, 15) is 9.59 Å². The standard InChI is InChI=1S/C25H25N5O4/c1-14-22-19(24(31)29(3)13-17-11-18(15(2)34-17)25(32)33-4)12-20(16-8-9-16)27-23(22)30(28-14)21-7-5-6-10-26-21/h5-7,10-12,16H,8-9,13H2,1-4H3. The second-order valence-corrected chi connectivity index (χ2v) is 8.59. The van der Waals surface area contributed by atoms with E-state index in [0.29, 0.717) is 51.1 Å². The minimum Gasteiger partial charge on any atom is -0.465 e. The maximum atomic E-state index is 13.7. The number of hydrogen-bond acceptors (Lipinski definition) is 7. The number of aryl methyl sites for hydroxylation is 2. The quantitative estimate of drug-likeness (QED) is 0.402. The van der Waals surface area contributed by atoms with Crippen molar-refractivity contribution in [2.45, 2.75) is 39.2 Å². The van der Waals surface area contributed by atoms with Crippen LogP contribution in [0, 0.1) is 13.8 Å². The van der Waals surface area contributed by atoms with Gasteiger partial charge in [-0.15, -0.1) is 0 Å². The number of carbonyl (C=O) groups is 2. The third kappa shape index (κ3) is 3.83. The molecule has 174 valence electrons. The van der Waals surface area contributed by atoms with E-state index in [-0.39, 0.29) is 12.5 Å². The second kappa shape index (κ2) is 8.40. The molecule has 0 aromatic carbocycles. The Morgan fingerprint density at radius 2 is 2.00 bits per heavy atom. The summed E-state index contributed by atoms with van der Waals surface area (Å²) in [5.74, 6) is 1.31. The number of esters is 1. The largest absolute Gasteiger partial charge is 0.465 e. The van der Waals surface area contributed by atoms with Crippen molar-refractivity contribution in [3.05, 3.63) is 70.6 Å². The molecule has 0 radical (unpaired) electrons. The van der Waals surface area contributed by atoms with Gasteiger partial charge >= 0.3 is 5.97 Å². The van der Waals surface area contributed by atoms with Crippen LogP contribution in [0.2, 0.25) is 0 Å². The van der Waals surface area contributed by atoms with Gasteiger partial charge in [0.25, 0.3) is 5.91 Å². The van der Waals surface area contributed by atoms with Crippen molar-refractivity contribution in [1.29, 1.82) is 0 Å². The van der Waals surface area contributed by atoms with E-state index in [4.69, 9.17) is 14.1 Å². The number of amides is 1. The van der Waals surface area contributed by atoms with Crippen molar-refractivity contribution in [2.24, 2.45) is 0 Å². The average Bonchev–Trinajstić information content (AvgIpc) is 3.56. The minimum atomic E-state index is -0.469. The highest BCUT2D eigenvalue weighted by atomic mass is 16.5. The fraction of sp³-hybridized carbons (Fsp3) is 0.320. The van der Waals surface area contributed by atoms with Crippen LogP contribution in [0.3, 0.4) is 0 Å². The molecule has 0 N–H and O–H groups in total. The topological polar surface area (TPSA) is 103 Å². The third-order valence-electron chi connectivity index (χ3n) is 6.04.